The minimum absolute atomic E-state index is 0.0604. The lowest BCUT2D eigenvalue weighted by atomic mass is 9.96. The second-order valence-electron chi connectivity index (χ2n) is 6.16. The largest absolute Gasteiger partial charge is 0.482 e. The fourth-order valence-electron chi connectivity index (χ4n) is 2.98. The Morgan fingerprint density at radius 1 is 1.15 bits per heavy atom. The number of hydrogen-bond acceptors (Lipinski definition) is 5. The average Bonchev–Trinajstić information content (AvgIpc) is 2.58. The van der Waals surface area contributed by atoms with Crippen LogP contribution in [0, 0.1) is 30.9 Å². The third kappa shape index (κ3) is 4.22. The minimum atomic E-state index is -1.08. The summed E-state index contributed by atoms with van der Waals surface area (Å²) < 4.78 is 5.06. The summed E-state index contributed by atoms with van der Waals surface area (Å²) in [5.74, 6) is -1.09. The van der Waals surface area contributed by atoms with Crippen molar-refractivity contribution in [3.63, 3.8) is 0 Å². The van der Waals surface area contributed by atoms with E-state index in [1.54, 1.807) is 58.2 Å². The number of carboxylic acid groups (broad SMARTS) is 1. The molecule has 2 rings (SSSR count). The van der Waals surface area contributed by atoms with Gasteiger partial charge in [0.15, 0.2) is 6.61 Å². The molecule has 0 fully saturated rings. The van der Waals surface area contributed by atoms with Crippen LogP contribution in [-0.4, -0.2) is 35.6 Å². The molecule has 0 unspecified atom stereocenters. The van der Waals surface area contributed by atoms with Crippen LogP contribution in [0.3, 0.4) is 0 Å². The van der Waals surface area contributed by atoms with Crippen LogP contribution in [0.2, 0.25) is 0 Å². The Balaban J connectivity index is 2.34. The number of nitrogens with zero attached hydrogens (tertiary/aromatic N) is 2. The lowest BCUT2D eigenvalue weighted by Crippen LogP contribution is -2.28. The molecule has 0 aromatic heterocycles. The van der Waals surface area contributed by atoms with Gasteiger partial charge in [0.1, 0.15) is 5.75 Å². The minimum Gasteiger partial charge on any atom is -0.482 e. The summed E-state index contributed by atoms with van der Waals surface area (Å²) in [6.45, 7) is 4.50. The van der Waals surface area contributed by atoms with Gasteiger partial charge in [0, 0.05) is 23.9 Å². The Kier molecular flexibility index (Phi) is 5.79. The summed E-state index contributed by atoms with van der Waals surface area (Å²) in [6.07, 6.45) is 0. The SMILES string of the molecule is Cc1cc(C)c([N+](=O)[O-])c(C)c1C(=O)N(C)c1ccc(OCC(=O)O)cc1. The zero-order chi connectivity index (χ0) is 20.3. The van der Waals surface area contributed by atoms with E-state index in [9.17, 15) is 19.7 Å². The molecule has 0 heterocycles. The normalized spacial score (nSPS) is 10.4. The standard InChI is InChI=1S/C19H20N2O6/c1-11-9-12(2)18(21(25)26)13(3)17(11)19(24)20(4)14-5-7-15(8-6-14)27-10-16(22)23/h5-9H,10H2,1-4H3,(H,22,23). The van der Waals surface area contributed by atoms with Crippen molar-refractivity contribution >= 4 is 23.3 Å². The van der Waals surface area contributed by atoms with Crippen molar-refractivity contribution in [2.75, 3.05) is 18.6 Å². The van der Waals surface area contributed by atoms with Crippen LogP contribution in [0.1, 0.15) is 27.0 Å². The Labute approximate surface area is 156 Å². The summed E-state index contributed by atoms with van der Waals surface area (Å²) in [7, 11) is 1.57. The molecule has 0 aliphatic heterocycles. The molecule has 0 aliphatic carbocycles. The fraction of sp³-hybridized carbons (Fsp3) is 0.263. The summed E-state index contributed by atoms with van der Waals surface area (Å²) in [5.41, 5.74) is 2.28. The predicted molar refractivity (Wildman–Crippen MR) is 99.6 cm³/mol. The molecule has 2 aromatic rings. The molecule has 0 radical (unpaired) electrons. The maximum Gasteiger partial charge on any atom is 0.341 e. The molecular formula is C19H20N2O6. The highest BCUT2D eigenvalue weighted by Gasteiger charge is 2.26. The first-order valence-corrected chi connectivity index (χ1v) is 8.11. The Hall–Kier alpha value is -3.42. The number of amides is 1. The van der Waals surface area contributed by atoms with Crippen LogP contribution in [0.25, 0.3) is 0 Å². The molecule has 2 aromatic carbocycles. The van der Waals surface area contributed by atoms with Crippen LogP contribution in [0.5, 0.6) is 5.75 Å². The maximum absolute atomic E-state index is 13.0. The van der Waals surface area contributed by atoms with Gasteiger partial charge in [0.2, 0.25) is 0 Å². The first kappa shape index (κ1) is 19.9. The highest BCUT2D eigenvalue weighted by atomic mass is 16.6. The summed E-state index contributed by atoms with van der Waals surface area (Å²) in [6, 6.07) is 7.97. The van der Waals surface area contributed by atoms with Crippen molar-refractivity contribution in [1.29, 1.82) is 0 Å². The number of nitro groups is 1. The van der Waals surface area contributed by atoms with E-state index in [0.717, 1.165) is 0 Å². The monoisotopic (exact) mass is 372 g/mol. The van der Waals surface area contributed by atoms with Crippen molar-refractivity contribution in [2.24, 2.45) is 0 Å². The number of nitro benzene ring substituents is 1. The molecule has 8 nitrogen and oxygen atoms in total. The molecule has 142 valence electrons. The van der Waals surface area contributed by atoms with Crippen molar-refractivity contribution in [3.05, 3.63) is 62.7 Å². The predicted octanol–water partition coefficient (Wildman–Crippen LogP) is 3.26. The van der Waals surface area contributed by atoms with Crippen molar-refractivity contribution < 1.29 is 24.4 Å². The van der Waals surface area contributed by atoms with Gasteiger partial charge in [-0.2, -0.15) is 0 Å². The molecule has 0 saturated carbocycles. The van der Waals surface area contributed by atoms with E-state index in [-0.39, 0.29) is 11.6 Å². The molecule has 0 atom stereocenters. The fourth-order valence-corrected chi connectivity index (χ4v) is 2.98. The molecule has 0 bridgehead atoms. The van der Waals surface area contributed by atoms with Crippen LogP contribution in [0.15, 0.2) is 30.3 Å². The van der Waals surface area contributed by atoms with Gasteiger partial charge in [-0.25, -0.2) is 4.79 Å². The molecule has 1 N–H and O–H groups in total. The van der Waals surface area contributed by atoms with E-state index in [1.165, 1.54) is 4.90 Å². The maximum atomic E-state index is 13.0. The number of carboxylic acids is 1. The highest BCUT2D eigenvalue weighted by Crippen LogP contribution is 2.30. The second kappa shape index (κ2) is 7.86. The topological polar surface area (TPSA) is 110 Å². The number of carbonyl (C=O) groups is 2. The van der Waals surface area contributed by atoms with Crippen molar-refractivity contribution in [2.45, 2.75) is 20.8 Å². The van der Waals surface area contributed by atoms with Gasteiger partial charge < -0.3 is 14.7 Å². The van der Waals surface area contributed by atoms with E-state index in [2.05, 4.69) is 0 Å². The van der Waals surface area contributed by atoms with Gasteiger partial charge in [0.05, 0.1) is 10.5 Å². The van der Waals surface area contributed by atoms with E-state index in [1.807, 2.05) is 0 Å². The van der Waals surface area contributed by atoms with Crippen LogP contribution in [-0.2, 0) is 4.79 Å². The molecule has 0 aliphatic rings. The number of ether oxygens (including phenoxy) is 1. The Morgan fingerprint density at radius 3 is 2.26 bits per heavy atom. The smallest absolute Gasteiger partial charge is 0.341 e. The number of hydrogen-bond donors (Lipinski definition) is 1. The average molecular weight is 372 g/mol. The van der Waals surface area contributed by atoms with Crippen LogP contribution >= 0.6 is 0 Å². The molecule has 8 heteroatoms. The first-order chi connectivity index (χ1) is 12.6. The van der Waals surface area contributed by atoms with Gasteiger partial charge in [-0.3, -0.25) is 14.9 Å². The van der Waals surface area contributed by atoms with Gasteiger partial charge >= 0.3 is 5.97 Å². The van der Waals surface area contributed by atoms with Gasteiger partial charge in [-0.05, 0) is 56.7 Å². The number of rotatable bonds is 6. The zero-order valence-corrected chi connectivity index (χ0v) is 15.5. The molecular weight excluding hydrogens is 352 g/mol. The van der Waals surface area contributed by atoms with E-state index in [0.29, 0.717) is 33.7 Å². The molecule has 0 saturated heterocycles. The molecule has 27 heavy (non-hydrogen) atoms. The number of aliphatic carboxylic acids is 1. The summed E-state index contributed by atoms with van der Waals surface area (Å²) >= 11 is 0. The van der Waals surface area contributed by atoms with E-state index in [4.69, 9.17) is 9.84 Å². The quantitative estimate of drug-likeness (QED) is 0.615. The van der Waals surface area contributed by atoms with E-state index >= 15 is 0 Å². The summed E-state index contributed by atoms with van der Waals surface area (Å²) in [4.78, 5) is 35.7. The summed E-state index contributed by atoms with van der Waals surface area (Å²) in [5, 5.41) is 20.0. The Morgan fingerprint density at radius 2 is 1.74 bits per heavy atom. The third-order valence-electron chi connectivity index (χ3n) is 4.22. The highest BCUT2D eigenvalue weighted by molar-refractivity contribution is 6.08. The van der Waals surface area contributed by atoms with Gasteiger partial charge in [0.25, 0.3) is 11.6 Å². The van der Waals surface area contributed by atoms with Gasteiger partial charge in [-0.15, -0.1) is 0 Å². The van der Waals surface area contributed by atoms with Crippen LogP contribution < -0.4 is 9.64 Å². The number of carbonyl (C=O) groups excluding carboxylic acids is 1. The van der Waals surface area contributed by atoms with Crippen molar-refractivity contribution in [1.82, 2.24) is 0 Å². The lowest BCUT2D eigenvalue weighted by Gasteiger charge is -2.20. The Bertz CT molecular complexity index is 905. The first-order valence-electron chi connectivity index (χ1n) is 8.11. The van der Waals surface area contributed by atoms with E-state index < -0.39 is 17.5 Å². The van der Waals surface area contributed by atoms with Crippen LogP contribution in [0.4, 0.5) is 11.4 Å². The zero-order valence-electron chi connectivity index (χ0n) is 15.5. The third-order valence-corrected chi connectivity index (χ3v) is 4.22. The van der Waals surface area contributed by atoms with Crippen molar-refractivity contribution in [3.8, 4) is 5.75 Å². The number of anilines is 1. The molecule has 0 spiro atoms. The number of benzene rings is 2. The van der Waals surface area contributed by atoms with Gasteiger partial charge in [-0.1, -0.05) is 0 Å². The molecule has 1 amide bonds. The number of aryl methyl sites for hydroxylation is 2. The second-order valence-corrected chi connectivity index (χ2v) is 6.16. The lowest BCUT2D eigenvalue weighted by molar-refractivity contribution is -0.386.